The summed E-state index contributed by atoms with van der Waals surface area (Å²) in [5.41, 5.74) is 3.61. The first kappa shape index (κ1) is 21.7. The number of nitrogens with one attached hydrogen (secondary N) is 1. The van der Waals surface area contributed by atoms with Crippen LogP contribution < -0.4 is 10.1 Å². The lowest BCUT2D eigenvalue weighted by Gasteiger charge is -2.23. The third-order valence-electron chi connectivity index (χ3n) is 5.85. The summed E-state index contributed by atoms with van der Waals surface area (Å²) in [7, 11) is 3.31. The number of ether oxygens (including phenoxy) is 1. The van der Waals surface area contributed by atoms with E-state index in [9.17, 15) is 4.79 Å². The summed E-state index contributed by atoms with van der Waals surface area (Å²) < 4.78 is 5.23. The predicted molar refractivity (Wildman–Crippen MR) is 119 cm³/mol. The van der Waals surface area contributed by atoms with Gasteiger partial charge in [-0.15, -0.1) is 10.2 Å². The largest absolute Gasteiger partial charge is 0.481 e. The molecular formula is C22H28N8O2. The van der Waals surface area contributed by atoms with Crippen LogP contribution in [0, 0.1) is 13.8 Å². The van der Waals surface area contributed by atoms with E-state index in [1.165, 1.54) is 4.80 Å². The Kier molecular flexibility index (Phi) is 6.02. The van der Waals surface area contributed by atoms with Crippen molar-refractivity contribution in [2.75, 3.05) is 25.5 Å². The molecule has 2 atom stereocenters. The predicted octanol–water partition coefficient (Wildman–Crippen LogP) is 2.11. The number of methoxy groups -OCH3 is 1. The van der Waals surface area contributed by atoms with E-state index in [2.05, 4.69) is 30.7 Å². The Morgan fingerprint density at radius 1 is 1.31 bits per heavy atom. The van der Waals surface area contributed by atoms with Crippen LogP contribution in [0.4, 0.5) is 5.82 Å². The number of aryl methyl sites for hydroxylation is 3. The molecule has 1 aliphatic rings. The molecule has 0 aromatic carbocycles. The van der Waals surface area contributed by atoms with E-state index in [1.807, 2.05) is 43.9 Å². The van der Waals surface area contributed by atoms with E-state index in [-0.39, 0.29) is 17.9 Å². The highest BCUT2D eigenvalue weighted by Crippen LogP contribution is 2.27. The van der Waals surface area contributed by atoms with Gasteiger partial charge in [0.15, 0.2) is 0 Å². The Labute approximate surface area is 187 Å². The van der Waals surface area contributed by atoms with Crippen molar-refractivity contribution in [3.63, 3.8) is 0 Å². The zero-order chi connectivity index (χ0) is 22.8. The molecule has 0 bridgehead atoms. The van der Waals surface area contributed by atoms with Crippen LogP contribution in [-0.4, -0.2) is 67.2 Å². The molecule has 0 radical (unpaired) electrons. The van der Waals surface area contributed by atoms with E-state index in [4.69, 9.17) is 4.74 Å². The summed E-state index contributed by atoms with van der Waals surface area (Å²) in [5, 5.41) is 15.6. The Morgan fingerprint density at radius 3 is 2.81 bits per heavy atom. The number of pyridine rings is 2. The number of nitrogens with zero attached hydrogens (tertiary/aromatic N) is 7. The van der Waals surface area contributed by atoms with Gasteiger partial charge in [0.25, 0.3) is 0 Å². The van der Waals surface area contributed by atoms with Gasteiger partial charge in [0.2, 0.25) is 17.6 Å². The second-order valence-corrected chi connectivity index (χ2v) is 8.15. The zero-order valence-corrected chi connectivity index (χ0v) is 19.0. The number of likely N-dealkylation sites (tertiary alicyclic amines) is 1. The molecule has 32 heavy (non-hydrogen) atoms. The van der Waals surface area contributed by atoms with Gasteiger partial charge in [-0.05, 0) is 55.7 Å². The van der Waals surface area contributed by atoms with Crippen molar-refractivity contribution in [1.29, 1.82) is 0 Å². The maximum absolute atomic E-state index is 13.2. The topological polar surface area (TPSA) is 111 Å². The quantitative estimate of drug-likeness (QED) is 0.625. The highest BCUT2D eigenvalue weighted by Gasteiger charge is 2.30. The number of amides is 1. The maximum Gasteiger partial charge on any atom is 0.229 e. The van der Waals surface area contributed by atoms with Gasteiger partial charge in [-0.3, -0.25) is 4.79 Å². The van der Waals surface area contributed by atoms with E-state index in [1.54, 1.807) is 20.4 Å². The van der Waals surface area contributed by atoms with Crippen LogP contribution in [0.3, 0.4) is 0 Å². The highest BCUT2D eigenvalue weighted by molar-refractivity contribution is 5.84. The third kappa shape index (κ3) is 4.39. The van der Waals surface area contributed by atoms with Crippen LogP contribution in [0.2, 0.25) is 0 Å². The lowest BCUT2D eigenvalue weighted by Crippen LogP contribution is -2.34. The fraction of sp³-hybridized carbons (Fsp3) is 0.455. The first-order valence-electron chi connectivity index (χ1n) is 10.6. The monoisotopic (exact) mass is 436 g/mol. The molecule has 4 rings (SSSR count). The molecule has 168 valence electrons. The SMILES string of the molecule is COc1cc(C(C)C(=O)N2CC[C@H](Nc3ccc(-c4nnn(C)n4)c(C)n3)C2)c(C)cn1. The molecule has 1 aliphatic heterocycles. The minimum atomic E-state index is -0.259. The van der Waals surface area contributed by atoms with Crippen LogP contribution in [-0.2, 0) is 11.8 Å². The first-order chi connectivity index (χ1) is 15.4. The van der Waals surface area contributed by atoms with Crippen LogP contribution in [0.15, 0.2) is 24.4 Å². The van der Waals surface area contributed by atoms with Gasteiger partial charge in [-0.2, -0.15) is 4.80 Å². The number of hydrogen-bond acceptors (Lipinski definition) is 8. The van der Waals surface area contributed by atoms with Crippen molar-refractivity contribution < 1.29 is 9.53 Å². The molecule has 1 fully saturated rings. The second kappa shape index (κ2) is 8.89. The highest BCUT2D eigenvalue weighted by atomic mass is 16.5. The molecular weight excluding hydrogens is 408 g/mol. The minimum absolute atomic E-state index is 0.110. The van der Waals surface area contributed by atoms with E-state index in [0.29, 0.717) is 24.8 Å². The molecule has 10 heteroatoms. The Balaban J connectivity index is 1.40. The molecule has 3 aromatic heterocycles. The van der Waals surface area contributed by atoms with Gasteiger partial charge < -0.3 is 15.0 Å². The fourth-order valence-electron chi connectivity index (χ4n) is 4.06. The van der Waals surface area contributed by atoms with E-state index in [0.717, 1.165) is 34.6 Å². The Bertz CT molecular complexity index is 1130. The lowest BCUT2D eigenvalue weighted by atomic mass is 9.97. The summed E-state index contributed by atoms with van der Waals surface area (Å²) in [6, 6.07) is 5.86. The molecule has 1 saturated heterocycles. The second-order valence-electron chi connectivity index (χ2n) is 8.15. The van der Waals surface area contributed by atoms with Crippen molar-refractivity contribution in [3.05, 3.63) is 41.2 Å². The first-order valence-corrected chi connectivity index (χ1v) is 10.6. The number of tetrazole rings is 1. The number of rotatable bonds is 6. The van der Waals surface area contributed by atoms with Gasteiger partial charge in [-0.25, -0.2) is 9.97 Å². The molecule has 0 saturated carbocycles. The van der Waals surface area contributed by atoms with Crippen molar-refractivity contribution >= 4 is 11.7 Å². The molecule has 4 heterocycles. The van der Waals surface area contributed by atoms with Crippen molar-refractivity contribution in [2.45, 2.75) is 39.2 Å². The number of aromatic nitrogens is 6. The lowest BCUT2D eigenvalue weighted by molar-refractivity contribution is -0.131. The van der Waals surface area contributed by atoms with Crippen molar-refractivity contribution in [3.8, 4) is 17.3 Å². The van der Waals surface area contributed by atoms with Gasteiger partial charge in [0, 0.05) is 37.0 Å². The van der Waals surface area contributed by atoms with Crippen LogP contribution in [0.1, 0.15) is 36.1 Å². The van der Waals surface area contributed by atoms with E-state index < -0.39 is 0 Å². The number of carbonyl (C=O) groups is 1. The van der Waals surface area contributed by atoms with Gasteiger partial charge in [0.05, 0.1) is 25.8 Å². The summed E-state index contributed by atoms with van der Waals surface area (Å²) in [6.45, 7) is 7.18. The normalized spacial score (nSPS) is 16.8. The smallest absolute Gasteiger partial charge is 0.229 e. The molecule has 1 unspecified atom stereocenters. The minimum Gasteiger partial charge on any atom is -0.481 e. The van der Waals surface area contributed by atoms with Crippen LogP contribution >= 0.6 is 0 Å². The summed E-state index contributed by atoms with van der Waals surface area (Å²) >= 11 is 0. The van der Waals surface area contributed by atoms with Crippen LogP contribution in [0.25, 0.3) is 11.4 Å². The number of hydrogen-bond donors (Lipinski definition) is 1. The summed E-state index contributed by atoms with van der Waals surface area (Å²) in [5.74, 6) is 1.70. The number of anilines is 1. The Hall–Kier alpha value is -3.56. The molecule has 3 aromatic rings. The van der Waals surface area contributed by atoms with Crippen molar-refractivity contribution in [1.82, 2.24) is 35.1 Å². The van der Waals surface area contributed by atoms with Gasteiger partial charge >= 0.3 is 0 Å². The van der Waals surface area contributed by atoms with Gasteiger partial charge in [0.1, 0.15) is 5.82 Å². The number of carbonyl (C=O) groups excluding carboxylic acids is 1. The molecule has 1 amide bonds. The molecule has 0 aliphatic carbocycles. The molecule has 1 N–H and O–H groups in total. The maximum atomic E-state index is 13.2. The summed E-state index contributed by atoms with van der Waals surface area (Å²) in [6.07, 6.45) is 2.62. The van der Waals surface area contributed by atoms with Gasteiger partial charge in [-0.1, -0.05) is 0 Å². The molecule has 0 spiro atoms. The average Bonchev–Trinajstić information content (AvgIpc) is 3.42. The summed E-state index contributed by atoms with van der Waals surface area (Å²) in [4.78, 5) is 25.4. The Morgan fingerprint density at radius 2 is 2.12 bits per heavy atom. The zero-order valence-electron chi connectivity index (χ0n) is 19.0. The van der Waals surface area contributed by atoms with Crippen molar-refractivity contribution in [2.24, 2.45) is 7.05 Å². The third-order valence-corrected chi connectivity index (χ3v) is 5.85. The average molecular weight is 437 g/mol. The van der Waals surface area contributed by atoms with E-state index >= 15 is 0 Å². The molecule has 10 nitrogen and oxygen atoms in total. The fourth-order valence-corrected chi connectivity index (χ4v) is 4.06. The standard InChI is InChI=1S/C22H28N8O2/c1-13-11-23-20(32-5)10-18(13)14(2)22(31)30-9-8-16(12-30)25-19-7-6-17(15(3)24-19)21-26-28-29(4)27-21/h6-7,10-11,14,16H,8-9,12H2,1-5H3,(H,24,25)/t14?,16-/m0/s1. The van der Waals surface area contributed by atoms with Crippen LogP contribution in [0.5, 0.6) is 5.88 Å².